The van der Waals surface area contributed by atoms with Crippen LogP contribution in [0.1, 0.15) is 0 Å². The number of fused-ring (bicyclic) bond motifs is 1. The van der Waals surface area contributed by atoms with Crippen LogP contribution >= 0.6 is 0 Å². The fourth-order valence-electron chi connectivity index (χ4n) is 2.70. The van der Waals surface area contributed by atoms with E-state index < -0.39 is 10.0 Å². The molecule has 0 fully saturated rings. The Morgan fingerprint density at radius 2 is 1.58 bits per heavy atom. The topological polar surface area (TPSA) is 49.4 Å². The van der Waals surface area contributed by atoms with Crippen LogP contribution in [0, 0.1) is 0 Å². The van der Waals surface area contributed by atoms with Gasteiger partial charge in [0, 0.05) is 36.2 Å². The first-order valence-electron chi connectivity index (χ1n) is 7.46. The van der Waals surface area contributed by atoms with E-state index in [1.165, 1.54) is 0 Å². The standard InChI is InChI=1S/C18H17BN2O2S/c1-21(2)17-10-4-9-16-15(17)8-5-11-18(16)24(22,23)20-14-7-3-6-13(19)12-14/h3-12,20H,1-2H3. The minimum atomic E-state index is -3.72. The maximum atomic E-state index is 12.8. The van der Waals surface area contributed by atoms with Gasteiger partial charge in [-0.15, -0.1) is 0 Å². The van der Waals surface area contributed by atoms with E-state index in [4.69, 9.17) is 7.85 Å². The summed E-state index contributed by atoms with van der Waals surface area (Å²) in [5.41, 5.74) is 1.91. The maximum Gasteiger partial charge on any atom is 0.262 e. The third-order valence-corrected chi connectivity index (χ3v) is 5.21. The smallest absolute Gasteiger partial charge is 0.262 e. The molecule has 0 spiro atoms. The highest BCUT2D eigenvalue weighted by Crippen LogP contribution is 2.30. The molecule has 0 amide bonds. The third-order valence-electron chi connectivity index (χ3n) is 3.77. The quantitative estimate of drug-likeness (QED) is 0.745. The van der Waals surface area contributed by atoms with Crippen molar-refractivity contribution in [3.8, 4) is 0 Å². The lowest BCUT2D eigenvalue weighted by Crippen LogP contribution is -2.15. The minimum Gasteiger partial charge on any atom is -0.377 e. The molecule has 0 atom stereocenters. The van der Waals surface area contributed by atoms with E-state index in [1.54, 1.807) is 36.4 Å². The van der Waals surface area contributed by atoms with Gasteiger partial charge in [0.15, 0.2) is 0 Å². The molecule has 0 aliphatic carbocycles. The molecule has 6 heteroatoms. The van der Waals surface area contributed by atoms with Crippen LogP contribution in [0.5, 0.6) is 0 Å². The number of nitrogens with one attached hydrogen (secondary N) is 1. The van der Waals surface area contributed by atoms with Gasteiger partial charge in [-0.3, -0.25) is 4.72 Å². The van der Waals surface area contributed by atoms with Crippen LogP contribution in [0.3, 0.4) is 0 Å². The van der Waals surface area contributed by atoms with Crippen molar-refractivity contribution < 1.29 is 8.42 Å². The lowest BCUT2D eigenvalue weighted by atomic mass is 9.96. The molecular formula is C18H17BN2O2S. The van der Waals surface area contributed by atoms with Gasteiger partial charge in [0.1, 0.15) is 7.85 Å². The Balaban J connectivity index is 2.13. The summed E-state index contributed by atoms with van der Waals surface area (Å²) in [6, 6.07) is 17.6. The molecule has 0 saturated heterocycles. The van der Waals surface area contributed by atoms with Crippen LogP contribution in [0.25, 0.3) is 10.8 Å². The lowest BCUT2D eigenvalue weighted by Gasteiger charge is -2.17. The van der Waals surface area contributed by atoms with Crippen molar-refractivity contribution in [2.45, 2.75) is 4.90 Å². The minimum absolute atomic E-state index is 0.242. The van der Waals surface area contributed by atoms with Crippen molar-refractivity contribution in [1.82, 2.24) is 0 Å². The van der Waals surface area contributed by atoms with E-state index in [0.29, 0.717) is 16.5 Å². The molecule has 2 radical (unpaired) electrons. The van der Waals surface area contributed by atoms with Gasteiger partial charge in [-0.1, -0.05) is 41.9 Å². The molecule has 24 heavy (non-hydrogen) atoms. The van der Waals surface area contributed by atoms with E-state index in [1.807, 2.05) is 43.3 Å². The molecule has 120 valence electrons. The van der Waals surface area contributed by atoms with Gasteiger partial charge in [-0.2, -0.15) is 0 Å². The number of benzene rings is 3. The summed E-state index contributed by atoms with van der Waals surface area (Å²) in [6.45, 7) is 0. The molecule has 3 rings (SSSR count). The highest BCUT2D eigenvalue weighted by molar-refractivity contribution is 7.93. The molecule has 0 saturated carbocycles. The average molecular weight is 336 g/mol. The van der Waals surface area contributed by atoms with Crippen molar-refractivity contribution in [1.29, 1.82) is 0 Å². The molecule has 0 bridgehead atoms. The molecule has 0 aromatic heterocycles. The van der Waals surface area contributed by atoms with E-state index in [9.17, 15) is 8.42 Å². The Morgan fingerprint density at radius 1 is 0.917 bits per heavy atom. The highest BCUT2D eigenvalue weighted by Gasteiger charge is 2.18. The third kappa shape index (κ3) is 3.10. The van der Waals surface area contributed by atoms with E-state index in [2.05, 4.69) is 4.72 Å². The van der Waals surface area contributed by atoms with Crippen LogP contribution in [-0.2, 0) is 10.0 Å². The van der Waals surface area contributed by atoms with Gasteiger partial charge in [-0.25, -0.2) is 8.42 Å². The predicted molar refractivity (Wildman–Crippen MR) is 101 cm³/mol. The highest BCUT2D eigenvalue weighted by atomic mass is 32.2. The molecule has 0 heterocycles. The second-order valence-corrected chi connectivity index (χ2v) is 7.40. The second kappa shape index (κ2) is 6.21. The number of hydrogen-bond donors (Lipinski definition) is 1. The Bertz CT molecular complexity index is 1000. The number of sulfonamides is 1. The summed E-state index contributed by atoms with van der Waals surface area (Å²) < 4.78 is 28.3. The fraction of sp³-hybridized carbons (Fsp3) is 0.111. The van der Waals surface area contributed by atoms with E-state index in [0.717, 1.165) is 11.1 Å². The Labute approximate surface area is 143 Å². The molecule has 4 nitrogen and oxygen atoms in total. The summed E-state index contributed by atoms with van der Waals surface area (Å²) in [5.74, 6) is 0. The Kier molecular flexibility index (Phi) is 4.24. The van der Waals surface area contributed by atoms with Crippen molar-refractivity contribution in [2.24, 2.45) is 0 Å². The number of hydrogen-bond acceptors (Lipinski definition) is 3. The first kappa shape index (κ1) is 16.4. The number of anilines is 2. The van der Waals surface area contributed by atoms with Gasteiger partial charge in [-0.05, 0) is 24.3 Å². The van der Waals surface area contributed by atoms with Crippen molar-refractivity contribution >= 4 is 45.5 Å². The largest absolute Gasteiger partial charge is 0.377 e. The van der Waals surface area contributed by atoms with E-state index >= 15 is 0 Å². The summed E-state index contributed by atoms with van der Waals surface area (Å²) in [5, 5.41) is 1.57. The van der Waals surface area contributed by atoms with Gasteiger partial charge >= 0.3 is 0 Å². The SMILES string of the molecule is [B]c1cccc(NS(=O)(=O)c2cccc3c(N(C)C)cccc23)c1. The fourth-order valence-corrected chi connectivity index (χ4v) is 3.97. The van der Waals surface area contributed by atoms with Gasteiger partial charge in [0.25, 0.3) is 10.0 Å². The zero-order valence-corrected chi connectivity index (χ0v) is 14.3. The van der Waals surface area contributed by atoms with Crippen LogP contribution in [0.15, 0.2) is 65.6 Å². The molecule has 3 aromatic rings. The summed E-state index contributed by atoms with van der Waals surface area (Å²) >= 11 is 0. The normalized spacial score (nSPS) is 11.4. The van der Waals surface area contributed by atoms with Gasteiger partial charge in [0.05, 0.1) is 4.90 Å². The zero-order valence-electron chi connectivity index (χ0n) is 13.5. The average Bonchev–Trinajstić information content (AvgIpc) is 2.53. The van der Waals surface area contributed by atoms with Crippen molar-refractivity contribution in [3.63, 3.8) is 0 Å². The van der Waals surface area contributed by atoms with Crippen LogP contribution in [0.4, 0.5) is 11.4 Å². The first-order chi connectivity index (χ1) is 11.4. The number of rotatable bonds is 4. The molecular weight excluding hydrogens is 319 g/mol. The Morgan fingerprint density at radius 3 is 2.29 bits per heavy atom. The monoisotopic (exact) mass is 336 g/mol. The first-order valence-corrected chi connectivity index (χ1v) is 8.94. The zero-order chi connectivity index (χ0) is 17.3. The molecule has 0 aliphatic rings. The van der Waals surface area contributed by atoms with E-state index in [-0.39, 0.29) is 4.90 Å². The van der Waals surface area contributed by atoms with Crippen LogP contribution < -0.4 is 15.1 Å². The number of nitrogens with zero attached hydrogens (tertiary/aromatic N) is 1. The lowest BCUT2D eigenvalue weighted by molar-refractivity contribution is 0.602. The van der Waals surface area contributed by atoms with Crippen molar-refractivity contribution in [2.75, 3.05) is 23.7 Å². The predicted octanol–water partition coefficient (Wildman–Crippen LogP) is 2.50. The van der Waals surface area contributed by atoms with Gasteiger partial charge in [0.2, 0.25) is 0 Å². The summed E-state index contributed by atoms with van der Waals surface area (Å²) in [7, 11) is 5.86. The maximum absolute atomic E-state index is 12.8. The molecule has 3 aromatic carbocycles. The van der Waals surface area contributed by atoms with Crippen LogP contribution in [-0.4, -0.2) is 30.4 Å². The van der Waals surface area contributed by atoms with Crippen molar-refractivity contribution in [3.05, 3.63) is 60.7 Å². The molecule has 0 unspecified atom stereocenters. The summed E-state index contributed by atoms with van der Waals surface area (Å²) in [4.78, 5) is 2.20. The summed E-state index contributed by atoms with van der Waals surface area (Å²) in [6.07, 6.45) is 0. The Hall–Kier alpha value is -2.47. The second-order valence-electron chi connectivity index (χ2n) is 5.75. The molecule has 1 N–H and O–H groups in total. The molecule has 0 aliphatic heterocycles. The van der Waals surface area contributed by atoms with Gasteiger partial charge < -0.3 is 4.90 Å². The van der Waals surface area contributed by atoms with Crippen LogP contribution in [0.2, 0.25) is 0 Å².